The topological polar surface area (TPSA) is 70.4 Å². The molecule has 3 heterocycles. The van der Waals surface area contributed by atoms with E-state index < -0.39 is 6.23 Å². The minimum atomic E-state index is -0.679. The number of carbonyl (C=O) groups is 1. The lowest BCUT2D eigenvalue weighted by Gasteiger charge is -2.30. The summed E-state index contributed by atoms with van der Waals surface area (Å²) in [4.78, 5) is 28.8. The summed E-state index contributed by atoms with van der Waals surface area (Å²) in [7, 11) is 0. The van der Waals surface area contributed by atoms with Gasteiger partial charge in [-0.2, -0.15) is 0 Å². The van der Waals surface area contributed by atoms with E-state index in [1.807, 2.05) is 0 Å². The van der Waals surface area contributed by atoms with Gasteiger partial charge in [0.15, 0.2) is 16.2 Å². The van der Waals surface area contributed by atoms with Crippen molar-refractivity contribution in [3.8, 4) is 22.8 Å². The van der Waals surface area contributed by atoms with Crippen LogP contribution in [0.25, 0.3) is 11.3 Å². The van der Waals surface area contributed by atoms with Crippen molar-refractivity contribution in [2.24, 2.45) is 5.92 Å². The van der Waals surface area contributed by atoms with E-state index in [1.54, 1.807) is 22.9 Å². The maximum Gasteiger partial charge on any atom is 0.229 e. The van der Waals surface area contributed by atoms with Gasteiger partial charge in [0.1, 0.15) is 15.8 Å². The number of rotatable bonds is 5. The zero-order chi connectivity index (χ0) is 21.0. The number of Topliss-reactive ketones (excluding diaryl/α,β-unsaturated/α-hetero) is 1. The van der Waals surface area contributed by atoms with Gasteiger partial charge in [-0.25, -0.2) is 4.98 Å². The summed E-state index contributed by atoms with van der Waals surface area (Å²) < 4.78 is 14.4. The van der Waals surface area contributed by atoms with Crippen molar-refractivity contribution in [3.63, 3.8) is 0 Å². The average Bonchev–Trinajstić information content (AvgIpc) is 3.44. The molecule has 1 fully saturated rings. The standard InChI is InChI=1S/C21H16Cl2N2O4S/c1-10(26)13-8-25-15(5-16(13)27)12-4-14(22)18(28-9-11-2-3-11)6-17(12)29-21(25)20-24-7-19(23)30-20/h4-8,11,21H,2-3,9H2,1H3. The van der Waals surface area contributed by atoms with Gasteiger partial charge in [-0.05, 0) is 31.7 Å². The summed E-state index contributed by atoms with van der Waals surface area (Å²) in [5.41, 5.74) is 0.944. The Morgan fingerprint density at radius 1 is 1.33 bits per heavy atom. The van der Waals surface area contributed by atoms with Gasteiger partial charge in [0.2, 0.25) is 6.23 Å². The van der Waals surface area contributed by atoms with Gasteiger partial charge in [-0.1, -0.05) is 23.2 Å². The summed E-state index contributed by atoms with van der Waals surface area (Å²) in [6.07, 6.45) is 4.71. The number of nitrogens with zero attached hydrogens (tertiary/aromatic N) is 2. The van der Waals surface area contributed by atoms with Crippen LogP contribution in [0, 0.1) is 5.92 Å². The Labute approximate surface area is 186 Å². The molecular weight excluding hydrogens is 447 g/mol. The molecule has 1 unspecified atom stereocenters. The second-order valence-corrected chi connectivity index (χ2v) is 9.51. The molecule has 1 saturated carbocycles. The molecule has 0 saturated heterocycles. The zero-order valence-corrected chi connectivity index (χ0v) is 18.2. The SMILES string of the molecule is CC(=O)c1cn2c(cc1=O)-c1cc(Cl)c(OCC3CC3)cc1OC2c1ncc(Cl)s1. The first-order valence-electron chi connectivity index (χ1n) is 9.42. The Balaban J connectivity index is 1.66. The number of ether oxygens (including phenoxy) is 2. The highest BCUT2D eigenvalue weighted by molar-refractivity contribution is 7.15. The van der Waals surface area contributed by atoms with Crippen LogP contribution >= 0.6 is 34.5 Å². The van der Waals surface area contributed by atoms with E-state index in [0.29, 0.717) is 49.6 Å². The molecule has 0 amide bonds. The van der Waals surface area contributed by atoms with Crippen LogP contribution in [0.15, 0.2) is 35.4 Å². The van der Waals surface area contributed by atoms with E-state index in [9.17, 15) is 9.59 Å². The van der Waals surface area contributed by atoms with Crippen molar-refractivity contribution >= 4 is 40.3 Å². The second kappa shape index (κ2) is 7.41. The van der Waals surface area contributed by atoms with Crippen LogP contribution in [0.3, 0.4) is 0 Å². The molecule has 0 N–H and O–H groups in total. The third-order valence-electron chi connectivity index (χ3n) is 5.14. The molecule has 2 aromatic heterocycles. The van der Waals surface area contributed by atoms with Crippen molar-refractivity contribution in [3.05, 3.63) is 60.7 Å². The fourth-order valence-electron chi connectivity index (χ4n) is 3.39. The molecule has 2 aliphatic rings. The second-order valence-electron chi connectivity index (χ2n) is 7.41. The van der Waals surface area contributed by atoms with Crippen LogP contribution in [0.5, 0.6) is 11.5 Å². The lowest BCUT2D eigenvalue weighted by atomic mass is 10.0. The monoisotopic (exact) mass is 462 g/mol. The maximum absolute atomic E-state index is 12.6. The summed E-state index contributed by atoms with van der Waals surface area (Å²) in [5.74, 6) is 1.32. The highest BCUT2D eigenvalue weighted by Gasteiger charge is 2.31. The first kappa shape index (κ1) is 19.6. The van der Waals surface area contributed by atoms with E-state index in [4.69, 9.17) is 32.7 Å². The number of thiazole rings is 1. The minimum Gasteiger partial charge on any atom is -0.492 e. The number of pyridine rings is 1. The van der Waals surface area contributed by atoms with Crippen molar-refractivity contribution < 1.29 is 14.3 Å². The van der Waals surface area contributed by atoms with Gasteiger partial charge in [-0.15, -0.1) is 11.3 Å². The van der Waals surface area contributed by atoms with Crippen LogP contribution < -0.4 is 14.9 Å². The molecule has 5 rings (SSSR count). The largest absolute Gasteiger partial charge is 0.492 e. The summed E-state index contributed by atoms with van der Waals surface area (Å²) in [6, 6.07) is 4.90. The number of carbonyl (C=O) groups excluding carboxylic acids is 1. The van der Waals surface area contributed by atoms with Crippen LogP contribution in [0.1, 0.15) is 41.4 Å². The van der Waals surface area contributed by atoms with Crippen LogP contribution in [-0.4, -0.2) is 21.9 Å². The number of benzene rings is 1. The van der Waals surface area contributed by atoms with Gasteiger partial charge in [0.25, 0.3) is 0 Å². The Morgan fingerprint density at radius 2 is 2.13 bits per heavy atom. The van der Waals surface area contributed by atoms with E-state index in [0.717, 1.165) is 0 Å². The predicted molar refractivity (Wildman–Crippen MR) is 115 cm³/mol. The molecule has 1 atom stereocenters. The van der Waals surface area contributed by atoms with Gasteiger partial charge >= 0.3 is 0 Å². The molecule has 3 aromatic rings. The predicted octanol–water partition coefficient (Wildman–Crippen LogP) is 5.21. The highest BCUT2D eigenvalue weighted by atomic mass is 35.5. The number of fused-ring (bicyclic) bond motifs is 3. The van der Waals surface area contributed by atoms with Crippen molar-refractivity contribution in [1.82, 2.24) is 9.55 Å². The zero-order valence-electron chi connectivity index (χ0n) is 15.9. The quantitative estimate of drug-likeness (QED) is 0.486. The highest BCUT2D eigenvalue weighted by Crippen LogP contribution is 2.45. The Bertz CT molecular complexity index is 1230. The number of hydrogen-bond acceptors (Lipinski definition) is 6. The van der Waals surface area contributed by atoms with Crippen molar-refractivity contribution in [2.45, 2.75) is 26.0 Å². The molecule has 154 valence electrons. The Hall–Kier alpha value is -2.35. The number of hydrogen-bond donors (Lipinski definition) is 0. The molecule has 0 radical (unpaired) electrons. The van der Waals surface area contributed by atoms with E-state index in [1.165, 1.54) is 43.4 Å². The van der Waals surface area contributed by atoms with Crippen molar-refractivity contribution in [2.75, 3.05) is 6.61 Å². The Kier molecular flexibility index (Phi) is 4.84. The van der Waals surface area contributed by atoms with E-state index >= 15 is 0 Å². The fraction of sp³-hybridized carbons (Fsp3) is 0.286. The van der Waals surface area contributed by atoms with Gasteiger partial charge in [0, 0.05) is 23.9 Å². The summed E-state index contributed by atoms with van der Waals surface area (Å²) in [5, 5.41) is 1.03. The van der Waals surface area contributed by atoms with Gasteiger partial charge in [0.05, 0.1) is 29.1 Å². The first-order valence-corrected chi connectivity index (χ1v) is 11.0. The third kappa shape index (κ3) is 3.51. The van der Waals surface area contributed by atoms with E-state index in [-0.39, 0.29) is 16.8 Å². The number of halogens is 2. The molecule has 0 bridgehead atoms. The van der Waals surface area contributed by atoms with Crippen molar-refractivity contribution in [1.29, 1.82) is 0 Å². The maximum atomic E-state index is 12.6. The first-order chi connectivity index (χ1) is 14.4. The third-order valence-corrected chi connectivity index (χ3v) is 6.58. The van der Waals surface area contributed by atoms with Gasteiger partial charge < -0.3 is 14.0 Å². The molecule has 0 spiro atoms. The normalized spacial score (nSPS) is 17.1. The number of ketones is 1. The van der Waals surface area contributed by atoms with Crippen LogP contribution in [0.2, 0.25) is 9.36 Å². The Morgan fingerprint density at radius 3 is 2.80 bits per heavy atom. The van der Waals surface area contributed by atoms with E-state index in [2.05, 4.69) is 4.98 Å². The summed E-state index contributed by atoms with van der Waals surface area (Å²) in [6.45, 7) is 1.97. The molecular formula is C21H16Cl2N2O4S. The smallest absolute Gasteiger partial charge is 0.229 e. The lowest BCUT2D eigenvalue weighted by Crippen LogP contribution is -2.27. The lowest BCUT2D eigenvalue weighted by molar-refractivity contribution is 0.101. The van der Waals surface area contributed by atoms with Crippen LogP contribution in [-0.2, 0) is 0 Å². The molecule has 30 heavy (non-hydrogen) atoms. The molecule has 1 aromatic carbocycles. The minimum absolute atomic E-state index is 0.0777. The number of aromatic nitrogens is 2. The molecule has 1 aliphatic carbocycles. The molecule has 9 heteroatoms. The average molecular weight is 463 g/mol. The molecule has 6 nitrogen and oxygen atoms in total. The summed E-state index contributed by atoms with van der Waals surface area (Å²) >= 11 is 13.8. The fourth-order valence-corrected chi connectivity index (χ4v) is 4.56. The molecule has 1 aliphatic heterocycles. The van der Waals surface area contributed by atoms with Gasteiger partial charge in [-0.3, -0.25) is 9.59 Å². The van der Waals surface area contributed by atoms with Crippen LogP contribution in [0.4, 0.5) is 0 Å².